The Morgan fingerprint density at radius 2 is 1.49 bits per heavy atom. The third-order valence-electron chi connectivity index (χ3n) is 5.92. The molecule has 1 aromatic heterocycles. The first-order valence-corrected chi connectivity index (χ1v) is 13.0. The Hall–Kier alpha value is -3.00. The van der Waals surface area contributed by atoms with Gasteiger partial charge in [-0.25, -0.2) is 0 Å². The quantitative estimate of drug-likeness (QED) is 0.233. The average Bonchev–Trinajstić information content (AvgIpc) is 3.24. The molecule has 3 heteroatoms. The van der Waals surface area contributed by atoms with Crippen LogP contribution in [0.3, 0.4) is 0 Å². The zero-order valence-electron chi connectivity index (χ0n) is 22.2. The molecule has 0 amide bonds. The van der Waals surface area contributed by atoms with E-state index >= 15 is 0 Å². The number of hydrogen-bond donors (Lipinski definition) is 0. The van der Waals surface area contributed by atoms with E-state index in [1.807, 2.05) is 18.2 Å². The first kappa shape index (κ1) is 26.6. The van der Waals surface area contributed by atoms with Gasteiger partial charge >= 0.3 is 0 Å². The zero-order valence-corrected chi connectivity index (χ0v) is 23.1. The predicted molar refractivity (Wildman–Crippen MR) is 151 cm³/mol. The summed E-state index contributed by atoms with van der Waals surface area (Å²) in [6.07, 6.45) is 1.55. The molecule has 3 aromatic rings. The van der Waals surface area contributed by atoms with Gasteiger partial charge < -0.3 is 9.47 Å². The van der Waals surface area contributed by atoms with Crippen LogP contribution in [0.5, 0.6) is 11.5 Å². The minimum atomic E-state index is 0.106. The minimum absolute atomic E-state index is 0.106. The highest BCUT2D eigenvalue weighted by atomic mass is 32.1. The molecule has 2 nitrogen and oxygen atoms in total. The SMILES string of the molecule is C=C=C(Oc1ccc(C(C)(C)C)cc1)c1ccc(CC(=C)Oc2ccc(C(C)(C)C)cc2CC)s1. The fourth-order valence-electron chi connectivity index (χ4n) is 3.72. The number of benzene rings is 2. The van der Waals surface area contributed by atoms with Crippen LogP contribution >= 0.6 is 11.3 Å². The Bertz CT molecular complexity index is 1220. The summed E-state index contributed by atoms with van der Waals surface area (Å²) in [5, 5.41) is 0. The van der Waals surface area contributed by atoms with Gasteiger partial charge in [-0.1, -0.05) is 91.6 Å². The number of rotatable bonds is 8. The first-order chi connectivity index (χ1) is 16.4. The third-order valence-corrected chi connectivity index (χ3v) is 7.00. The van der Waals surface area contributed by atoms with Crippen molar-refractivity contribution in [3.8, 4) is 11.5 Å². The standard InChI is InChI=1S/C32H38O2S/c1-10-23-21-25(32(7,8)9)14-18-29(23)33-22(3)20-27-17-19-30(35-27)28(11-2)34-26-15-12-24(13-16-26)31(4,5)6/h12-19,21H,2-3,10,20H2,1,4-9H3. The van der Waals surface area contributed by atoms with Gasteiger partial charge in [0, 0.05) is 11.3 Å². The predicted octanol–water partition coefficient (Wildman–Crippen LogP) is 9.25. The van der Waals surface area contributed by atoms with Gasteiger partial charge in [0.05, 0.1) is 4.88 Å². The molecular formula is C32H38O2S. The summed E-state index contributed by atoms with van der Waals surface area (Å²) in [5.41, 5.74) is 6.95. The Balaban J connectivity index is 1.67. The smallest absolute Gasteiger partial charge is 0.186 e. The Morgan fingerprint density at radius 3 is 2.06 bits per heavy atom. The van der Waals surface area contributed by atoms with Crippen molar-refractivity contribution < 1.29 is 9.47 Å². The molecule has 3 rings (SSSR count). The highest BCUT2D eigenvalue weighted by Crippen LogP contribution is 2.32. The Kier molecular flexibility index (Phi) is 8.15. The van der Waals surface area contributed by atoms with Crippen molar-refractivity contribution in [2.24, 2.45) is 0 Å². The maximum absolute atomic E-state index is 6.18. The van der Waals surface area contributed by atoms with Gasteiger partial charge in [0.1, 0.15) is 17.3 Å². The summed E-state index contributed by atoms with van der Waals surface area (Å²) in [6.45, 7) is 23.5. The first-order valence-electron chi connectivity index (χ1n) is 12.2. The van der Waals surface area contributed by atoms with Crippen molar-refractivity contribution in [3.05, 3.63) is 106 Å². The van der Waals surface area contributed by atoms with Crippen molar-refractivity contribution in [3.63, 3.8) is 0 Å². The molecule has 35 heavy (non-hydrogen) atoms. The van der Waals surface area contributed by atoms with Crippen molar-refractivity contribution in [1.82, 2.24) is 0 Å². The topological polar surface area (TPSA) is 18.5 Å². The number of hydrogen-bond acceptors (Lipinski definition) is 3. The van der Waals surface area contributed by atoms with E-state index in [-0.39, 0.29) is 10.8 Å². The lowest BCUT2D eigenvalue weighted by atomic mass is 9.86. The van der Waals surface area contributed by atoms with Gasteiger partial charge in [-0.2, -0.15) is 0 Å². The summed E-state index contributed by atoms with van der Waals surface area (Å²) < 4.78 is 12.3. The van der Waals surface area contributed by atoms with Crippen LogP contribution in [0.15, 0.2) is 79.2 Å². The number of aryl methyl sites for hydroxylation is 1. The molecule has 0 atom stereocenters. The third kappa shape index (κ3) is 7.01. The van der Waals surface area contributed by atoms with Crippen molar-refractivity contribution in [2.75, 3.05) is 0 Å². The van der Waals surface area contributed by atoms with Crippen LogP contribution in [-0.4, -0.2) is 0 Å². The molecule has 0 saturated carbocycles. The van der Waals surface area contributed by atoms with E-state index < -0.39 is 0 Å². The van der Waals surface area contributed by atoms with Crippen LogP contribution in [0.4, 0.5) is 0 Å². The Morgan fingerprint density at radius 1 is 0.857 bits per heavy atom. The molecule has 0 radical (unpaired) electrons. The summed E-state index contributed by atoms with van der Waals surface area (Å²) in [6, 6.07) is 18.8. The molecule has 0 fully saturated rings. The zero-order chi connectivity index (χ0) is 25.8. The van der Waals surface area contributed by atoms with Crippen LogP contribution < -0.4 is 9.47 Å². The highest BCUT2D eigenvalue weighted by Gasteiger charge is 2.17. The lowest BCUT2D eigenvalue weighted by molar-refractivity contribution is 0.412. The van der Waals surface area contributed by atoms with Crippen molar-refractivity contribution in [1.29, 1.82) is 0 Å². The molecule has 0 aliphatic rings. The molecule has 0 unspecified atom stereocenters. The van der Waals surface area contributed by atoms with Gasteiger partial charge in [0.15, 0.2) is 5.76 Å². The maximum atomic E-state index is 6.18. The van der Waals surface area contributed by atoms with Crippen LogP contribution in [0.2, 0.25) is 0 Å². The second-order valence-corrected chi connectivity index (χ2v) is 12.1. The Labute approximate surface area is 215 Å². The molecule has 0 aliphatic heterocycles. The average molecular weight is 487 g/mol. The van der Waals surface area contributed by atoms with Crippen molar-refractivity contribution >= 4 is 17.1 Å². The number of ether oxygens (including phenoxy) is 2. The van der Waals surface area contributed by atoms with E-state index in [0.29, 0.717) is 12.2 Å². The summed E-state index contributed by atoms with van der Waals surface area (Å²) in [5.74, 6) is 3.01. The molecule has 0 saturated heterocycles. The molecule has 184 valence electrons. The lowest BCUT2D eigenvalue weighted by Crippen LogP contribution is -2.11. The number of thiophene rings is 1. The molecule has 0 bridgehead atoms. The fraction of sp³-hybridized carbons (Fsp3) is 0.344. The fourth-order valence-corrected chi connectivity index (χ4v) is 4.71. The molecule has 0 aliphatic carbocycles. The van der Waals surface area contributed by atoms with E-state index in [9.17, 15) is 0 Å². The molecule has 1 heterocycles. The number of allylic oxidation sites excluding steroid dienone is 1. The van der Waals surface area contributed by atoms with Gasteiger partial charge in [-0.15, -0.1) is 11.3 Å². The molecular weight excluding hydrogens is 448 g/mol. The van der Waals surface area contributed by atoms with Crippen LogP contribution in [0, 0.1) is 0 Å². The second-order valence-electron chi connectivity index (χ2n) is 10.9. The van der Waals surface area contributed by atoms with Gasteiger partial charge in [0.2, 0.25) is 0 Å². The second kappa shape index (κ2) is 10.7. The summed E-state index contributed by atoms with van der Waals surface area (Å²) in [7, 11) is 0. The molecule has 2 aromatic carbocycles. The summed E-state index contributed by atoms with van der Waals surface area (Å²) >= 11 is 1.64. The maximum Gasteiger partial charge on any atom is 0.186 e. The summed E-state index contributed by atoms with van der Waals surface area (Å²) in [4.78, 5) is 2.13. The molecule has 0 N–H and O–H groups in total. The van der Waals surface area contributed by atoms with Gasteiger partial charge in [-0.05, 0) is 64.3 Å². The van der Waals surface area contributed by atoms with Crippen LogP contribution in [-0.2, 0) is 23.7 Å². The van der Waals surface area contributed by atoms with Gasteiger partial charge in [-0.3, -0.25) is 0 Å². The van der Waals surface area contributed by atoms with Crippen LogP contribution in [0.25, 0.3) is 5.76 Å². The largest absolute Gasteiger partial charge is 0.462 e. The minimum Gasteiger partial charge on any atom is -0.462 e. The van der Waals surface area contributed by atoms with E-state index in [2.05, 4.69) is 104 Å². The van der Waals surface area contributed by atoms with E-state index in [0.717, 1.165) is 33.4 Å². The van der Waals surface area contributed by atoms with E-state index in [4.69, 9.17) is 9.47 Å². The van der Waals surface area contributed by atoms with Crippen molar-refractivity contribution in [2.45, 2.75) is 72.1 Å². The van der Waals surface area contributed by atoms with Gasteiger partial charge in [0.25, 0.3) is 0 Å². The van der Waals surface area contributed by atoms with Crippen LogP contribution in [0.1, 0.15) is 74.9 Å². The monoisotopic (exact) mass is 486 g/mol. The van der Waals surface area contributed by atoms with E-state index in [1.165, 1.54) is 16.7 Å². The normalized spacial score (nSPS) is 11.6. The molecule has 0 spiro atoms. The lowest BCUT2D eigenvalue weighted by Gasteiger charge is -2.21. The van der Waals surface area contributed by atoms with E-state index in [1.54, 1.807) is 11.3 Å². The highest BCUT2D eigenvalue weighted by molar-refractivity contribution is 7.13.